The fourth-order valence-electron chi connectivity index (χ4n) is 4.39. The molecule has 3 aromatic rings. The first-order chi connectivity index (χ1) is 14.6. The smallest absolute Gasteiger partial charge is 0.256 e. The third kappa shape index (κ3) is 3.98. The fourth-order valence-corrected chi connectivity index (χ4v) is 4.39. The Morgan fingerprint density at radius 3 is 2.70 bits per heavy atom. The zero-order valence-electron chi connectivity index (χ0n) is 17.3. The average Bonchev–Trinajstić information content (AvgIpc) is 3.16. The number of hydrogen-bond donors (Lipinski definition) is 1. The molecule has 2 heterocycles. The summed E-state index contributed by atoms with van der Waals surface area (Å²) in [5.74, 6) is -0.0289. The Bertz CT molecular complexity index is 1040. The van der Waals surface area contributed by atoms with Crippen molar-refractivity contribution < 1.29 is 13.9 Å². The van der Waals surface area contributed by atoms with Crippen molar-refractivity contribution in [3.05, 3.63) is 71.2 Å². The molecule has 4 rings (SSSR count). The van der Waals surface area contributed by atoms with E-state index in [1.807, 2.05) is 41.4 Å². The van der Waals surface area contributed by atoms with Gasteiger partial charge in [0.1, 0.15) is 5.82 Å². The molecular formula is C24H28FN3O2. The van der Waals surface area contributed by atoms with E-state index < -0.39 is 0 Å². The van der Waals surface area contributed by atoms with E-state index in [0.29, 0.717) is 32.8 Å². The summed E-state index contributed by atoms with van der Waals surface area (Å²) in [4.78, 5) is 15.2. The van der Waals surface area contributed by atoms with Crippen LogP contribution in [-0.2, 0) is 17.8 Å². The van der Waals surface area contributed by atoms with Crippen LogP contribution in [0.2, 0.25) is 0 Å². The summed E-state index contributed by atoms with van der Waals surface area (Å²) in [5, 5.41) is 0.961. The van der Waals surface area contributed by atoms with Crippen LogP contribution in [0.5, 0.6) is 0 Å². The van der Waals surface area contributed by atoms with Crippen LogP contribution < -0.4 is 5.73 Å². The lowest BCUT2D eigenvalue weighted by Gasteiger charge is -2.32. The van der Waals surface area contributed by atoms with Crippen LogP contribution in [0.3, 0.4) is 0 Å². The van der Waals surface area contributed by atoms with Gasteiger partial charge in [-0.25, -0.2) is 4.39 Å². The highest BCUT2D eigenvalue weighted by Gasteiger charge is 2.28. The first-order valence-electron chi connectivity index (χ1n) is 10.5. The van der Waals surface area contributed by atoms with Crippen LogP contribution >= 0.6 is 0 Å². The van der Waals surface area contributed by atoms with E-state index >= 15 is 0 Å². The van der Waals surface area contributed by atoms with Crippen molar-refractivity contribution in [3.8, 4) is 0 Å². The van der Waals surface area contributed by atoms with E-state index in [9.17, 15) is 9.18 Å². The molecule has 0 bridgehead atoms. The summed E-state index contributed by atoms with van der Waals surface area (Å²) in [6.45, 7) is 2.92. The summed E-state index contributed by atoms with van der Waals surface area (Å²) in [6, 6.07) is 13.1. The van der Waals surface area contributed by atoms with Crippen molar-refractivity contribution in [1.29, 1.82) is 0 Å². The highest BCUT2D eigenvalue weighted by Crippen LogP contribution is 2.32. The van der Waals surface area contributed by atoms with Gasteiger partial charge in [-0.15, -0.1) is 0 Å². The fraction of sp³-hybridized carbons (Fsp3) is 0.375. The van der Waals surface area contributed by atoms with E-state index in [0.717, 1.165) is 40.4 Å². The van der Waals surface area contributed by atoms with Crippen LogP contribution in [0, 0.1) is 5.82 Å². The van der Waals surface area contributed by atoms with Gasteiger partial charge in [0.2, 0.25) is 0 Å². The van der Waals surface area contributed by atoms with E-state index in [4.69, 9.17) is 10.5 Å². The van der Waals surface area contributed by atoms with E-state index in [-0.39, 0.29) is 17.6 Å². The number of likely N-dealkylation sites (tertiary alicyclic amines) is 1. The van der Waals surface area contributed by atoms with Gasteiger partial charge in [0.05, 0.1) is 12.2 Å². The number of fused-ring (bicyclic) bond motifs is 1. The van der Waals surface area contributed by atoms with Crippen LogP contribution in [-0.4, -0.2) is 42.2 Å². The molecular weight excluding hydrogens is 381 g/mol. The number of nitrogens with two attached hydrogens (primary N) is 1. The van der Waals surface area contributed by atoms with Crippen molar-refractivity contribution >= 4 is 16.8 Å². The van der Waals surface area contributed by atoms with Crippen molar-refractivity contribution in [1.82, 2.24) is 9.47 Å². The Hall–Kier alpha value is -2.70. The van der Waals surface area contributed by atoms with Gasteiger partial charge in [-0.05, 0) is 42.0 Å². The van der Waals surface area contributed by atoms with Crippen molar-refractivity contribution in [2.24, 2.45) is 5.73 Å². The Morgan fingerprint density at radius 1 is 1.20 bits per heavy atom. The number of benzene rings is 2. The summed E-state index contributed by atoms with van der Waals surface area (Å²) in [7, 11) is 1.67. The largest absolute Gasteiger partial charge is 0.383 e. The van der Waals surface area contributed by atoms with Crippen LogP contribution in [0.25, 0.3) is 10.9 Å². The minimum Gasteiger partial charge on any atom is -0.383 e. The first kappa shape index (κ1) is 20.6. The number of carbonyl (C=O) groups is 1. The molecule has 5 nitrogen and oxygen atoms in total. The lowest BCUT2D eigenvalue weighted by Crippen LogP contribution is -2.38. The number of amides is 1. The molecule has 1 amide bonds. The van der Waals surface area contributed by atoms with Gasteiger partial charge in [-0.3, -0.25) is 4.79 Å². The summed E-state index contributed by atoms with van der Waals surface area (Å²) in [6.07, 6.45) is 3.43. The topological polar surface area (TPSA) is 60.5 Å². The molecule has 0 radical (unpaired) electrons. The molecule has 0 unspecified atom stereocenters. The number of piperidine rings is 1. The normalized spacial score (nSPS) is 15.1. The third-order valence-corrected chi connectivity index (χ3v) is 6.07. The van der Waals surface area contributed by atoms with Crippen LogP contribution in [0.4, 0.5) is 4.39 Å². The Balaban J connectivity index is 1.51. The highest BCUT2D eigenvalue weighted by molar-refractivity contribution is 6.07. The van der Waals surface area contributed by atoms with E-state index in [1.54, 1.807) is 13.2 Å². The molecule has 1 aliphatic heterocycles. The maximum Gasteiger partial charge on any atom is 0.256 e. The van der Waals surface area contributed by atoms with Crippen molar-refractivity contribution in [3.63, 3.8) is 0 Å². The second kappa shape index (κ2) is 8.98. The molecule has 0 saturated carbocycles. The van der Waals surface area contributed by atoms with Gasteiger partial charge < -0.3 is 19.9 Å². The number of para-hydroxylation sites is 1. The molecule has 2 N–H and O–H groups in total. The van der Waals surface area contributed by atoms with Crippen molar-refractivity contribution in [2.75, 3.05) is 26.8 Å². The average molecular weight is 410 g/mol. The predicted molar refractivity (Wildman–Crippen MR) is 116 cm³/mol. The molecule has 158 valence electrons. The lowest BCUT2D eigenvalue weighted by atomic mass is 9.88. The minimum absolute atomic E-state index is 0.0389. The molecule has 0 spiro atoms. The highest BCUT2D eigenvalue weighted by atomic mass is 19.1. The maximum atomic E-state index is 14.4. The van der Waals surface area contributed by atoms with Gasteiger partial charge in [0, 0.05) is 50.4 Å². The third-order valence-electron chi connectivity index (χ3n) is 6.07. The quantitative estimate of drug-likeness (QED) is 0.672. The molecule has 1 fully saturated rings. The van der Waals surface area contributed by atoms with Crippen molar-refractivity contribution in [2.45, 2.75) is 31.8 Å². The van der Waals surface area contributed by atoms with Gasteiger partial charge in [-0.2, -0.15) is 0 Å². The summed E-state index contributed by atoms with van der Waals surface area (Å²) >= 11 is 0. The standard InChI is InChI=1S/C24H28FN3O2/c1-30-13-12-28-16-21(19-4-2-3-5-23(19)28)24(29)27-10-8-18(9-11-27)20-14-17(15-26)6-7-22(20)25/h2-7,14,16,18H,8-13,15,26H2,1H3. The number of carbonyl (C=O) groups excluding carboxylic acids is 1. The molecule has 1 saturated heterocycles. The zero-order valence-corrected chi connectivity index (χ0v) is 17.3. The van der Waals surface area contributed by atoms with Crippen LogP contribution in [0.15, 0.2) is 48.7 Å². The number of methoxy groups -OCH3 is 1. The Labute approximate surface area is 176 Å². The molecule has 30 heavy (non-hydrogen) atoms. The van der Waals surface area contributed by atoms with Gasteiger partial charge >= 0.3 is 0 Å². The van der Waals surface area contributed by atoms with E-state index in [2.05, 4.69) is 4.57 Å². The summed E-state index contributed by atoms with van der Waals surface area (Å²) in [5.41, 5.74) is 9.13. The second-order valence-electron chi connectivity index (χ2n) is 7.87. The molecule has 0 aliphatic carbocycles. The number of hydrogen-bond acceptors (Lipinski definition) is 3. The summed E-state index contributed by atoms with van der Waals surface area (Å²) < 4.78 is 21.6. The molecule has 1 aliphatic rings. The van der Waals surface area contributed by atoms with E-state index in [1.165, 1.54) is 6.07 Å². The Kier molecular flexibility index (Phi) is 6.16. The number of rotatable bonds is 6. The molecule has 1 aromatic heterocycles. The number of ether oxygens (including phenoxy) is 1. The van der Waals surface area contributed by atoms with Gasteiger partial charge in [-0.1, -0.05) is 30.3 Å². The first-order valence-corrected chi connectivity index (χ1v) is 10.5. The number of halogens is 1. The monoisotopic (exact) mass is 409 g/mol. The molecule has 0 atom stereocenters. The predicted octanol–water partition coefficient (Wildman–Crippen LogP) is 3.91. The molecule has 6 heteroatoms. The van der Waals surface area contributed by atoms with Crippen LogP contribution in [0.1, 0.15) is 40.2 Å². The second-order valence-corrected chi connectivity index (χ2v) is 7.87. The Morgan fingerprint density at radius 2 is 1.97 bits per heavy atom. The maximum absolute atomic E-state index is 14.4. The van der Waals surface area contributed by atoms with Gasteiger partial charge in [0.25, 0.3) is 5.91 Å². The lowest BCUT2D eigenvalue weighted by molar-refractivity contribution is 0.0714. The minimum atomic E-state index is -0.182. The number of nitrogens with zero attached hydrogens (tertiary/aromatic N) is 2. The molecule has 2 aromatic carbocycles. The SMILES string of the molecule is COCCn1cc(C(=O)N2CCC(c3cc(CN)ccc3F)CC2)c2ccccc21. The zero-order chi connectivity index (χ0) is 21.1. The van der Waals surface area contributed by atoms with Gasteiger partial charge in [0.15, 0.2) is 0 Å². The number of aromatic nitrogens is 1.